The van der Waals surface area contributed by atoms with Crippen LogP contribution < -0.4 is 0 Å². The molecule has 1 N–H and O–H groups in total. The summed E-state index contributed by atoms with van der Waals surface area (Å²) >= 11 is 0. The fourth-order valence-electron chi connectivity index (χ4n) is 12.3. The first-order valence-electron chi connectivity index (χ1n) is 16.5. The highest BCUT2D eigenvalue weighted by molar-refractivity contribution is 5.84. The minimum absolute atomic E-state index is 0.0384. The fraction of sp³-hybridized carbons (Fsp3) is 0.833. The Morgan fingerprint density at radius 1 is 1.02 bits per heavy atom. The number of rotatable bonds is 4. The lowest BCUT2D eigenvalue weighted by molar-refractivity contribution is -0.402. The molecule has 0 aromatic carbocycles. The molecule has 2 aliphatic heterocycles. The van der Waals surface area contributed by atoms with Crippen LogP contribution in [0.1, 0.15) is 107 Å². The Morgan fingerprint density at radius 2 is 1.74 bits per heavy atom. The average Bonchev–Trinajstić information content (AvgIpc) is 2.91. The van der Waals surface area contributed by atoms with Crippen molar-refractivity contribution in [2.45, 2.75) is 119 Å². The molecule has 6 fully saturated rings. The summed E-state index contributed by atoms with van der Waals surface area (Å²) in [6.45, 7) is 18.7. The van der Waals surface area contributed by atoms with Crippen molar-refractivity contribution in [3.8, 4) is 0 Å². The number of ether oxygens (including phenoxy) is 3. The first kappa shape index (κ1) is 30.4. The molecule has 42 heavy (non-hydrogen) atoms. The summed E-state index contributed by atoms with van der Waals surface area (Å²) in [7, 11) is 1.82. The third-order valence-corrected chi connectivity index (χ3v) is 14.8. The van der Waals surface area contributed by atoms with E-state index in [1.54, 1.807) is 0 Å². The van der Waals surface area contributed by atoms with Gasteiger partial charge in [-0.3, -0.25) is 4.79 Å². The molecule has 6 heteroatoms. The van der Waals surface area contributed by atoms with Crippen molar-refractivity contribution in [2.75, 3.05) is 13.7 Å². The summed E-state index contributed by atoms with van der Waals surface area (Å²) < 4.78 is 19.0. The van der Waals surface area contributed by atoms with Gasteiger partial charge >= 0.3 is 11.9 Å². The highest BCUT2D eigenvalue weighted by Crippen LogP contribution is 2.78. The topological polar surface area (TPSA) is 82.1 Å². The molecule has 1 spiro atoms. The normalized spacial score (nSPS) is 50.3. The largest absolute Gasteiger partial charge is 0.481 e. The Morgan fingerprint density at radius 3 is 2.33 bits per heavy atom. The number of hydrogen-bond acceptors (Lipinski definition) is 5. The minimum Gasteiger partial charge on any atom is -0.481 e. The molecule has 2 saturated heterocycles. The summed E-state index contributed by atoms with van der Waals surface area (Å²) in [5.74, 6) is -0.404. The molecule has 2 bridgehead atoms. The van der Waals surface area contributed by atoms with Gasteiger partial charge in [0, 0.05) is 36.4 Å². The van der Waals surface area contributed by atoms with Gasteiger partial charge in [-0.15, -0.1) is 0 Å². The van der Waals surface area contributed by atoms with E-state index in [1.807, 2.05) is 21.0 Å². The quantitative estimate of drug-likeness (QED) is 0.209. The van der Waals surface area contributed by atoms with Gasteiger partial charge in [0.05, 0.1) is 6.61 Å². The maximum Gasteiger partial charge on any atom is 0.330 e. The van der Waals surface area contributed by atoms with Crippen LogP contribution >= 0.6 is 0 Å². The molecular formula is C36H54O6. The third-order valence-electron chi connectivity index (χ3n) is 14.8. The van der Waals surface area contributed by atoms with Crippen molar-refractivity contribution >= 4 is 11.9 Å². The van der Waals surface area contributed by atoms with E-state index in [2.05, 4.69) is 47.6 Å². The lowest BCUT2D eigenvalue weighted by Gasteiger charge is -2.75. The Balaban J connectivity index is 1.44. The van der Waals surface area contributed by atoms with Crippen molar-refractivity contribution in [2.24, 2.45) is 56.7 Å². The van der Waals surface area contributed by atoms with Gasteiger partial charge in [0.15, 0.2) is 5.79 Å². The summed E-state index contributed by atoms with van der Waals surface area (Å²) in [5.41, 5.74) is 1.07. The van der Waals surface area contributed by atoms with Crippen LogP contribution in [0.2, 0.25) is 0 Å². The number of carboxylic acid groups (broad SMARTS) is 1. The maximum atomic E-state index is 13.5. The van der Waals surface area contributed by atoms with Gasteiger partial charge in [0.25, 0.3) is 0 Å². The molecule has 6 nitrogen and oxygen atoms in total. The molecule has 5 aliphatic carbocycles. The highest BCUT2D eigenvalue weighted by Gasteiger charge is 2.75. The van der Waals surface area contributed by atoms with Crippen LogP contribution in [0.3, 0.4) is 0 Å². The van der Waals surface area contributed by atoms with Crippen molar-refractivity contribution in [1.82, 2.24) is 0 Å². The molecule has 0 radical (unpaired) electrons. The predicted octanol–water partition coefficient (Wildman–Crippen LogP) is 7.57. The van der Waals surface area contributed by atoms with Crippen LogP contribution in [-0.4, -0.2) is 42.7 Å². The molecule has 2 heterocycles. The van der Waals surface area contributed by atoms with Crippen LogP contribution in [0.4, 0.5) is 0 Å². The molecule has 11 atom stereocenters. The van der Waals surface area contributed by atoms with Gasteiger partial charge in [-0.1, -0.05) is 58.8 Å². The van der Waals surface area contributed by atoms with E-state index in [-0.39, 0.29) is 39.4 Å². The monoisotopic (exact) mass is 582 g/mol. The number of allylic oxidation sites excluding steroid dienone is 3. The third kappa shape index (κ3) is 3.51. The number of carbonyl (C=O) groups is 2. The van der Waals surface area contributed by atoms with Gasteiger partial charge in [-0.25, -0.2) is 4.79 Å². The zero-order valence-corrected chi connectivity index (χ0v) is 27.5. The second kappa shape index (κ2) is 9.42. The highest BCUT2D eigenvalue weighted by atomic mass is 16.7. The summed E-state index contributed by atoms with van der Waals surface area (Å²) in [5, 5.41) is 11.0. The fourth-order valence-corrected chi connectivity index (χ4v) is 12.3. The first-order chi connectivity index (χ1) is 19.6. The SMILES string of the molecule is CO[C@]12CC[C@]3(CO1)[C@H]1CC=C4[C@@H]5[C@@H](C)[C@H](C)C[C@@H](OC(=O)C=C(C)C)[C@]5(C(=O)O)CC[C@@]4(C)[C@]1(C)CC[C@H]3C2(C)C. The zero-order chi connectivity index (χ0) is 30.7. The summed E-state index contributed by atoms with van der Waals surface area (Å²) in [4.78, 5) is 26.4. The van der Waals surface area contributed by atoms with Gasteiger partial charge in [-0.2, -0.15) is 0 Å². The molecule has 4 saturated carbocycles. The predicted molar refractivity (Wildman–Crippen MR) is 161 cm³/mol. The number of methoxy groups -OCH3 is 1. The molecule has 234 valence electrons. The second-order valence-corrected chi connectivity index (χ2v) is 16.5. The minimum atomic E-state index is -1.10. The molecule has 0 aromatic rings. The summed E-state index contributed by atoms with van der Waals surface area (Å²) in [6.07, 6.45) is 10.6. The first-order valence-corrected chi connectivity index (χ1v) is 16.5. The van der Waals surface area contributed by atoms with Gasteiger partial charge < -0.3 is 19.3 Å². The van der Waals surface area contributed by atoms with E-state index < -0.39 is 29.2 Å². The molecular weight excluding hydrogens is 528 g/mol. The van der Waals surface area contributed by atoms with Crippen LogP contribution in [0.5, 0.6) is 0 Å². The van der Waals surface area contributed by atoms with Crippen molar-refractivity contribution in [3.05, 3.63) is 23.3 Å². The van der Waals surface area contributed by atoms with Crippen LogP contribution in [0, 0.1) is 56.7 Å². The van der Waals surface area contributed by atoms with Crippen molar-refractivity contribution < 1.29 is 28.9 Å². The van der Waals surface area contributed by atoms with Gasteiger partial charge in [0.1, 0.15) is 11.5 Å². The van der Waals surface area contributed by atoms with E-state index in [0.717, 1.165) is 50.7 Å². The number of fused-ring (bicyclic) bond motifs is 7. The van der Waals surface area contributed by atoms with Crippen molar-refractivity contribution in [3.63, 3.8) is 0 Å². The number of carboxylic acids is 1. The van der Waals surface area contributed by atoms with Gasteiger partial charge in [-0.05, 0) is 93.3 Å². The molecule has 0 amide bonds. The number of hydrogen-bond donors (Lipinski definition) is 1. The number of aliphatic carboxylic acids is 1. The van der Waals surface area contributed by atoms with Crippen molar-refractivity contribution in [1.29, 1.82) is 0 Å². The second-order valence-electron chi connectivity index (χ2n) is 16.5. The van der Waals surface area contributed by atoms with E-state index in [9.17, 15) is 14.7 Å². The lowest BCUT2D eigenvalue weighted by atomic mass is 9.32. The molecule has 0 aromatic heterocycles. The van der Waals surface area contributed by atoms with E-state index in [1.165, 1.54) is 11.6 Å². The van der Waals surface area contributed by atoms with Crippen LogP contribution in [0.25, 0.3) is 0 Å². The molecule has 0 unspecified atom stereocenters. The Labute approximate surface area is 253 Å². The van der Waals surface area contributed by atoms with E-state index in [0.29, 0.717) is 24.7 Å². The van der Waals surface area contributed by atoms with Crippen LogP contribution in [-0.2, 0) is 23.8 Å². The maximum absolute atomic E-state index is 13.5. The van der Waals surface area contributed by atoms with Crippen LogP contribution in [0.15, 0.2) is 23.3 Å². The molecule has 7 rings (SSSR count). The van der Waals surface area contributed by atoms with Gasteiger partial charge in [0.2, 0.25) is 0 Å². The number of carbonyl (C=O) groups excluding carboxylic acids is 1. The smallest absolute Gasteiger partial charge is 0.330 e. The van der Waals surface area contributed by atoms with E-state index >= 15 is 0 Å². The summed E-state index contributed by atoms with van der Waals surface area (Å²) in [6, 6.07) is 0. The Hall–Kier alpha value is -1.66. The lowest BCUT2D eigenvalue weighted by Crippen LogP contribution is -2.74. The van der Waals surface area contributed by atoms with E-state index in [4.69, 9.17) is 14.2 Å². The standard InChI is InChI=1S/C36H54O6/c1-21(2)18-28(37)42-27-19-22(3)23(4)29-24-10-11-26-33(8,32(24,7)14-16-35(27,29)30(38)39)13-12-25-31(5,6)36(40-9)17-15-34(25,26)20-41-36/h10,18,22-23,25-27,29H,11-17,19-20H2,1-9H3,(H,38,39)/t22-,23+,25+,26+,27-,29+,32-,33-,34-,35-,36-/m1/s1. The Kier molecular flexibility index (Phi) is 6.81. The zero-order valence-electron chi connectivity index (χ0n) is 27.5. The average molecular weight is 583 g/mol. The number of esters is 1. The Bertz CT molecular complexity index is 1220. The molecule has 7 aliphatic rings.